The fourth-order valence-corrected chi connectivity index (χ4v) is 3.10. The number of hydrogen-bond donors (Lipinski definition) is 1. The van der Waals surface area contributed by atoms with Gasteiger partial charge in [-0.25, -0.2) is 10.4 Å². The molecule has 0 spiro atoms. The van der Waals surface area contributed by atoms with Gasteiger partial charge in [-0.3, -0.25) is 4.79 Å². The Labute approximate surface area is 152 Å². The average molecular weight is 400 g/mol. The molecule has 0 saturated carbocycles. The van der Waals surface area contributed by atoms with Gasteiger partial charge in [0.05, 0.1) is 18.3 Å². The number of hydrogen-bond acceptors (Lipinski definition) is 4. The largest absolute Gasteiger partial charge is 0.273 e. The normalized spacial score (nSPS) is 10.9. The van der Waals surface area contributed by atoms with Crippen molar-refractivity contribution in [3.8, 4) is 11.3 Å². The van der Waals surface area contributed by atoms with Gasteiger partial charge in [-0.05, 0) is 17.7 Å². The lowest BCUT2D eigenvalue weighted by atomic mass is 10.2. The summed E-state index contributed by atoms with van der Waals surface area (Å²) in [5.74, 6) is -0.183. The van der Waals surface area contributed by atoms with Crippen LogP contribution in [0.15, 0.2) is 69.6 Å². The molecule has 0 aliphatic carbocycles. The molecule has 24 heavy (non-hydrogen) atoms. The van der Waals surface area contributed by atoms with E-state index in [0.29, 0.717) is 0 Å². The highest BCUT2D eigenvalue weighted by molar-refractivity contribution is 9.10. The number of rotatable bonds is 5. The molecule has 0 unspecified atom stereocenters. The summed E-state index contributed by atoms with van der Waals surface area (Å²) >= 11 is 4.85. The van der Waals surface area contributed by atoms with Crippen molar-refractivity contribution in [3.05, 3.63) is 75.0 Å². The zero-order valence-corrected chi connectivity index (χ0v) is 15.0. The molecule has 120 valence electrons. The van der Waals surface area contributed by atoms with E-state index in [1.165, 1.54) is 11.3 Å². The Morgan fingerprint density at radius 2 is 1.92 bits per heavy atom. The number of thiazole rings is 1. The first-order valence-corrected chi connectivity index (χ1v) is 8.95. The van der Waals surface area contributed by atoms with Crippen LogP contribution in [0, 0.1) is 0 Å². The number of aromatic nitrogens is 1. The number of carbonyl (C=O) groups is 1. The summed E-state index contributed by atoms with van der Waals surface area (Å²) < 4.78 is 1.00. The molecule has 1 N–H and O–H groups in total. The van der Waals surface area contributed by atoms with Gasteiger partial charge in [-0.1, -0.05) is 58.4 Å². The molecule has 0 aliphatic rings. The van der Waals surface area contributed by atoms with Crippen molar-refractivity contribution in [2.24, 2.45) is 5.10 Å². The number of hydrazone groups is 1. The monoisotopic (exact) mass is 399 g/mol. The molecular weight excluding hydrogens is 386 g/mol. The molecule has 0 radical (unpaired) electrons. The van der Waals surface area contributed by atoms with Crippen LogP contribution in [0.3, 0.4) is 0 Å². The van der Waals surface area contributed by atoms with Crippen molar-refractivity contribution in [2.75, 3.05) is 0 Å². The van der Waals surface area contributed by atoms with Gasteiger partial charge in [-0.2, -0.15) is 5.10 Å². The summed E-state index contributed by atoms with van der Waals surface area (Å²) in [7, 11) is 0. The maximum Gasteiger partial charge on any atom is 0.246 e. The van der Waals surface area contributed by atoms with Gasteiger partial charge in [0.25, 0.3) is 0 Å². The van der Waals surface area contributed by atoms with Crippen molar-refractivity contribution in [3.63, 3.8) is 0 Å². The smallest absolute Gasteiger partial charge is 0.246 e. The van der Waals surface area contributed by atoms with Crippen molar-refractivity contribution < 1.29 is 4.79 Å². The van der Waals surface area contributed by atoms with Crippen molar-refractivity contribution in [1.29, 1.82) is 0 Å². The van der Waals surface area contributed by atoms with E-state index in [-0.39, 0.29) is 12.3 Å². The fourth-order valence-electron chi connectivity index (χ4n) is 2.04. The second-order valence-corrected chi connectivity index (χ2v) is 6.87. The van der Waals surface area contributed by atoms with Crippen LogP contribution < -0.4 is 5.43 Å². The standard InChI is InChI=1S/C18H14BrN3OS/c19-15-8-6-13(7-9-15)11-20-22-17(23)10-18-21-16(12-24-18)14-4-2-1-3-5-14/h1-9,11-12H,10H2,(H,22,23)/b20-11-. The first-order valence-electron chi connectivity index (χ1n) is 7.28. The number of nitrogens with one attached hydrogen (secondary N) is 1. The zero-order chi connectivity index (χ0) is 16.8. The van der Waals surface area contributed by atoms with Crippen LogP contribution in [-0.4, -0.2) is 17.1 Å². The number of nitrogens with zero attached hydrogens (tertiary/aromatic N) is 2. The maximum atomic E-state index is 11.9. The Hall–Kier alpha value is -2.31. The van der Waals surface area contributed by atoms with E-state index in [4.69, 9.17) is 0 Å². The van der Waals surface area contributed by atoms with Crippen LogP contribution in [0.5, 0.6) is 0 Å². The van der Waals surface area contributed by atoms with Crippen LogP contribution >= 0.6 is 27.3 Å². The maximum absolute atomic E-state index is 11.9. The Kier molecular flexibility index (Phi) is 5.51. The highest BCUT2D eigenvalue weighted by Crippen LogP contribution is 2.21. The molecule has 0 saturated heterocycles. The van der Waals surface area contributed by atoms with Gasteiger partial charge in [0.15, 0.2) is 0 Å². The molecule has 3 aromatic rings. The van der Waals surface area contributed by atoms with Crippen molar-refractivity contribution >= 4 is 39.4 Å². The summed E-state index contributed by atoms with van der Waals surface area (Å²) in [6, 6.07) is 17.6. The SMILES string of the molecule is O=C(Cc1nc(-c2ccccc2)cs1)N/N=C\c1ccc(Br)cc1. The Balaban J connectivity index is 1.55. The molecule has 1 amide bonds. The first-order chi connectivity index (χ1) is 11.7. The van der Waals surface area contributed by atoms with Crippen LogP contribution in [0.4, 0.5) is 0 Å². The Bertz CT molecular complexity index is 844. The summed E-state index contributed by atoms with van der Waals surface area (Å²) in [4.78, 5) is 16.4. The van der Waals surface area contributed by atoms with E-state index in [1.807, 2.05) is 60.0 Å². The van der Waals surface area contributed by atoms with Gasteiger partial charge >= 0.3 is 0 Å². The highest BCUT2D eigenvalue weighted by Gasteiger charge is 2.08. The summed E-state index contributed by atoms with van der Waals surface area (Å²) in [5, 5.41) is 6.70. The number of benzene rings is 2. The predicted molar refractivity (Wildman–Crippen MR) is 101 cm³/mol. The van der Waals surface area contributed by atoms with Gasteiger partial charge < -0.3 is 0 Å². The van der Waals surface area contributed by atoms with Crippen LogP contribution in [-0.2, 0) is 11.2 Å². The predicted octanol–water partition coefficient (Wildman–Crippen LogP) is 4.27. The Morgan fingerprint density at radius 3 is 2.67 bits per heavy atom. The molecule has 4 nitrogen and oxygen atoms in total. The molecule has 6 heteroatoms. The fraction of sp³-hybridized carbons (Fsp3) is 0.0556. The molecule has 0 aliphatic heterocycles. The zero-order valence-electron chi connectivity index (χ0n) is 12.6. The average Bonchev–Trinajstić information content (AvgIpc) is 3.06. The van der Waals surface area contributed by atoms with E-state index in [9.17, 15) is 4.79 Å². The molecule has 1 heterocycles. The number of halogens is 1. The van der Waals surface area contributed by atoms with Gasteiger partial charge in [-0.15, -0.1) is 11.3 Å². The summed E-state index contributed by atoms with van der Waals surface area (Å²) in [6.45, 7) is 0. The van der Waals surface area contributed by atoms with E-state index >= 15 is 0 Å². The summed E-state index contributed by atoms with van der Waals surface area (Å²) in [5.41, 5.74) is 5.38. The third-order valence-electron chi connectivity index (χ3n) is 3.21. The van der Waals surface area contributed by atoms with E-state index < -0.39 is 0 Å². The highest BCUT2D eigenvalue weighted by atomic mass is 79.9. The van der Waals surface area contributed by atoms with Crippen molar-refractivity contribution in [2.45, 2.75) is 6.42 Å². The van der Waals surface area contributed by atoms with E-state index in [2.05, 4.69) is 31.4 Å². The van der Waals surface area contributed by atoms with E-state index in [0.717, 1.165) is 26.3 Å². The molecular formula is C18H14BrN3OS. The van der Waals surface area contributed by atoms with Gasteiger partial charge in [0.1, 0.15) is 5.01 Å². The molecule has 3 rings (SSSR count). The van der Waals surface area contributed by atoms with Crippen LogP contribution in [0.2, 0.25) is 0 Å². The minimum Gasteiger partial charge on any atom is -0.273 e. The lowest BCUT2D eigenvalue weighted by Gasteiger charge is -1.98. The minimum atomic E-state index is -0.183. The Morgan fingerprint density at radius 1 is 1.17 bits per heavy atom. The van der Waals surface area contributed by atoms with Crippen molar-refractivity contribution in [1.82, 2.24) is 10.4 Å². The van der Waals surface area contributed by atoms with Crippen LogP contribution in [0.25, 0.3) is 11.3 Å². The quantitative estimate of drug-likeness (QED) is 0.514. The minimum absolute atomic E-state index is 0.183. The molecule has 0 fully saturated rings. The molecule has 0 bridgehead atoms. The third kappa shape index (κ3) is 4.59. The molecule has 1 aromatic heterocycles. The summed E-state index contributed by atoms with van der Waals surface area (Å²) in [6.07, 6.45) is 1.83. The lowest BCUT2D eigenvalue weighted by Crippen LogP contribution is -2.19. The number of carbonyl (C=O) groups excluding carboxylic acids is 1. The third-order valence-corrected chi connectivity index (χ3v) is 4.58. The topological polar surface area (TPSA) is 54.4 Å². The van der Waals surface area contributed by atoms with Gasteiger partial charge in [0, 0.05) is 15.4 Å². The number of amides is 1. The van der Waals surface area contributed by atoms with Crippen LogP contribution in [0.1, 0.15) is 10.6 Å². The molecule has 2 aromatic carbocycles. The second-order valence-electron chi connectivity index (χ2n) is 5.01. The molecule has 0 atom stereocenters. The van der Waals surface area contributed by atoms with E-state index in [1.54, 1.807) is 6.21 Å². The van der Waals surface area contributed by atoms with Gasteiger partial charge in [0.2, 0.25) is 5.91 Å². The second kappa shape index (κ2) is 7.99. The lowest BCUT2D eigenvalue weighted by molar-refractivity contribution is -0.120. The first kappa shape index (κ1) is 16.5.